The highest BCUT2D eigenvalue weighted by atomic mass is 79.9. The summed E-state index contributed by atoms with van der Waals surface area (Å²) in [5.41, 5.74) is 11.3. The predicted octanol–water partition coefficient (Wildman–Crippen LogP) is 7.41. The average Bonchev–Trinajstić information content (AvgIpc) is 3.25. The molecule has 0 bridgehead atoms. The van der Waals surface area contributed by atoms with Gasteiger partial charge in [-0.05, 0) is 50.9 Å². The zero-order valence-electron chi connectivity index (χ0n) is 14.9. The highest BCUT2D eigenvalue weighted by Crippen LogP contribution is 2.47. The van der Waals surface area contributed by atoms with E-state index in [4.69, 9.17) is 0 Å². The lowest BCUT2D eigenvalue weighted by atomic mass is 10.1. The first-order chi connectivity index (χ1) is 13.3. The van der Waals surface area contributed by atoms with Crippen molar-refractivity contribution in [3.63, 3.8) is 0 Å². The molecule has 4 aromatic rings. The molecule has 4 aromatic carbocycles. The summed E-state index contributed by atoms with van der Waals surface area (Å²) < 4.78 is 0. The topological polar surface area (TPSA) is 0 Å². The number of rotatable bonds is 0. The van der Waals surface area contributed by atoms with Crippen LogP contribution in [0.5, 0.6) is 0 Å². The highest BCUT2D eigenvalue weighted by Gasteiger charge is 2.25. The van der Waals surface area contributed by atoms with Crippen LogP contribution in [-0.2, 0) is 6.42 Å². The Hall–Kier alpha value is -2.64. The molecule has 2 aliphatic rings. The van der Waals surface area contributed by atoms with Crippen molar-refractivity contribution in [3.05, 3.63) is 119 Å². The van der Waals surface area contributed by atoms with Crippen molar-refractivity contribution in [2.24, 2.45) is 0 Å². The number of hydrogen-bond donors (Lipinski definition) is 0. The standard InChI is InChI=1S/C13H9Br.C13H10/c14-13-11-7-3-1-5-9(11)10-6-2-4-8-12(10)13;1-3-7-12-10(5-1)9-11-6-2-4-8-13(11)12/h1-8,13H;1-8H,9H2. The molecular weight excluding hydrogens is 392 g/mol. The average molecular weight is 411 g/mol. The Morgan fingerprint density at radius 3 is 1.33 bits per heavy atom. The van der Waals surface area contributed by atoms with Crippen LogP contribution < -0.4 is 0 Å². The van der Waals surface area contributed by atoms with Gasteiger partial charge in [0.05, 0.1) is 4.83 Å². The molecule has 0 amide bonds. The first kappa shape index (κ1) is 16.5. The van der Waals surface area contributed by atoms with Gasteiger partial charge >= 0.3 is 0 Å². The van der Waals surface area contributed by atoms with Crippen LogP contribution in [0.1, 0.15) is 27.1 Å². The van der Waals surface area contributed by atoms with E-state index in [2.05, 4.69) is 113 Å². The Balaban J connectivity index is 0.000000119. The van der Waals surface area contributed by atoms with Gasteiger partial charge in [0.15, 0.2) is 0 Å². The number of fused-ring (bicyclic) bond motifs is 6. The molecule has 2 aliphatic carbocycles. The second-order valence-corrected chi connectivity index (χ2v) is 7.94. The van der Waals surface area contributed by atoms with Crippen LogP contribution in [0.4, 0.5) is 0 Å². The van der Waals surface area contributed by atoms with E-state index < -0.39 is 0 Å². The van der Waals surface area contributed by atoms with E-state index >= 15 is 0 Å². The van der Waals surface area contributed by atoms with Crippen LogP contribution in [0, 0.1) is 0 Å². The molecule has 0 radical (unpaired) electrons. The molecule has 0 N–H and O–H groups in total. The molecule has 0 atom stereocenters. The Labute approximate surface area is 168 Å². The Morgan fingerprint density at radius 2 is 0.852 bits per heavy atom. The maximum absolute atomic E-state index is 3.74. The van der Waals surface area contributed by atoms with Gasteiger partial charge in [0.1, 0.15) is 0 Å². The Bertz CT molecular complexity index is 1040. The van der Waals surface area contributed by atoms with Gasteiger partial charge in [-0.25, -0.2) is 0 Å². The van der Waals surface area contributed by atoms with Crippen LogP contribution in [0.15, 0.2) is 97.1 Å². The molecule has 0 aliphatic heterocycles. The van der Waals surface area contributed by atoms with E-state index in [1.165, 1.54) is 44.5 Å². The monoisotopic (exact) mass is 410 g/mol. The molecule has 0 nitrogen and oxygen atoms in total. The second kappa shape index (κ2) is 6.83. The normalized spacial score (nSPS) is 13.1. The van der Waals surface area contributed by atoms with Crippen LogP contribution in [-0.4, -0.2) is 0 Å². The van der Waals surface area contributed by atoms with E-state index in [9.17, 15) is 0 Å². The van der Waals surface area contributed by atoms with Crippen LogP contribution in [0.3, 0.4) is 0 Å². The van der Waals surface area contributed by atoms with E-state index in [1.54, 1.807) is 0 Å². The molecule has 0 saturated carbocycles. The van der Waals surface area contributed by atoms with E-state index in [0.29, 0.717) is 4.83 Å². The number of benzene rings is 4. The second-order valence-electron chi connectivity index (χ2n) is 7.03. The first-order valence-corrected chi connectivity index (χ1v) is 10.2. The van der Waals surface area contributed by atoms with Gasteiger partial charge in [0.25, 0.3) is 0 Å². The van der Waals surface area contributed by atoms with E-state index in [0.717, 1.165) is 6.42 Å². The van der Waals surface area contributed by atoms with Gasteiger partial charge in [-0.3, -0.25) is 0 Å². The minimum absolute atomic E-state index is 0.370. The van der Waals surface area contributed by atoms with Crippen molar-refractivity contribution in [1.82, 2.24) is 0 Å². The van der Waals surface area contributed by atoms with Crippen molar-refractivity contribution in [1.29, 1.82) is 0 Å². The van der Waals surface area contributed by atoms with Crippen LogP contribution >= 0.6 is 15.9 Å². The lowest BCUT2D eigenvalue weighted by molar-refractivity contribution is 1.25. The summed E-state index contributed by atoms with van der Waals surface area (Å²) in [7, 11) is 0. The molecular formula is C26H19Br. The summed E-state index contributed by atoms with van der Waals surface area (Å²) in [4.78, 5) is 0.370. The third-order valence-electron chi connectivity index (χ3n) is 5.46. The summed E-state index contributed by atoms with van der Waals surface area (Å²) >= 11 is 3.74. The van der Waals surface area contributed by atoms with Gasteiger partial charge in [-0.1, -0.05) is 113 Å². The SMILES string of the molecule is BrC1c2ccccc2-c2ccccc21.c1ccc2c(c1)Cc1ccccc1-2. The zero-order valence-corrected chi connectivity index (χ0v) is 16.5. The Morgan fingerprint density at radius 1 is 0.481 bits per heavy atom. The maximum Gasteiger partial charge on any atom is 0.0656 e. The van der Waals surface area contributed by atoms with Gasteiger partial charge in [-0.15, -0.1) is 0 Å². The fraction of sp³-hybridized carbons (Fsp3) is 0.0769. The molecule has 130 valence electrons. The van der Waals surface area contributed by atoms with Crippen molar-refractivity contribution < 1.29 is 0 Å². The maximum atomic E-state index is 3.74. The van der Waals surface area contributed by atoms with Crippen molar-refractivity contribution in [2.75, 3.05) is 0 Å². The molecule has 1 heteroatoms. The highest BCUT2D eigenvalue weighted by molar-refractivity contribution is 9.09. The first-order valence-electron chi connectivity index (χ1n) is 9.31. The smallest absolute Gasteiger partial charge is 0.0656 e. The molecule has 27 heavy (non-hydrogen) atoms. The largest absolute Gasteiger partial charge is 0.0786 e. The summed E-state index contributed by atoms with van der Waals surface area (Å²) in [5, 5.41) is 0. The molecule has 0 heterocycles. The molecule has 6 rings (SSSR count). The minimum atomic E-state index is 0.370. The summed E-state index contributed by atoms with van der Waals surface area (Å²) in [6, 6.07) is 34.5. The van der Waals surface area contributed by atoms with Crippen molar-refractivity contribution >= 4 is 15.9 Å². The molecule has 0 saturated heterocycles. The summed E-state index contributed by atoms with van der Waals surface area (Å²) in [6.07, 6.45) is 1.10. The van der Waals surface area contributed by atoms with Gasteiger partial charge in [0.2, 0.25) is 0 Å². The van der Waals surface area contributed by atoms with Crippen LogP contribution in [0.25, 0.3) is 22.3 Å². The van der Waals surface area contributed by atoms with Crippen molar-refractivity contribution in [3.8, 4) is 22.3 Å². The van der Waals surface area contributed by atoms with Gasteiger partial charge in [0, 0.05) is 0 Å². The third-order valence-corrected chi connectivity index (χ3v) is 6.45. The number of halogens is 1. The fourth-order valence-electron chi connectivity index (χ4n) is 4.17. The van der Waals surface area contributed by atoms with Crippen LogP contribution in [0.2, 0.25) is 0 Å². The zero-order chi connectivity index (χ0) is 18.2. The molecule has 0 spiro atoms. The minimum Gasteiger partial charge on any atom is -0.0786 e. The molecule has 0 unspecified atom stereocenters. The van der Waals surface area contributed by atoms with Gasteiger partial charge < -0.3 is 0 Å². The fourth-order valence-corrected chi connectivity index (χ4v) is 4.97. The van der Waals surface area contributed by atoms with Crippen molar-refractivity contribution in [2.45, 2.75) is 11.2 Å². The molecule has 0 fully saturated rings. The van der Waals surface area contributed by atoms with Gasteiger partial charge in [-0.2, -0.15) is 0 Å². The Kier molecular flexibility index (Phi) is 4.18. The lowest BCUT2D eigenvalue weighted by Crippen LogP contribution is -1.83. The number of alkyl halides is 1. The predicted molar refractivity (Wildman–Crippen MR) is 117 cm³/mol. The molecule has 0 aromatic heterocycles. The number of hydrogen-bond acceptors (Lipinski definition) is 0. The third kappa shape index (κ3) is 2.83. The summed E-state index contributed by atoms with van der Waals surface area (Å²) in [5.74, 6) is 0. The quantitative estimate of drug-likeness (QED) is 0.233. The lowest BCUT2D eigenvalue weighted by Gasteiger charge is -2.02. The van der Waals surface area contributed by atoms with E-state index in [-0.39, 0.29) is 0 Å². The van der Waals surface area contributed by atoms with E-state index in [1.807, 2.05) is 0 Å². The summed E-state index contributed by atoms with van der Waals surface area (Å²) in [6.45, 7) is 0.